The van der Waals surface area contributed by atoms with Crippen LogP contribution in [-0.2, 0) is 0 Å². The second kappa shape index (κ2) is 3.36. The Morgan fingerprint density at radius 1 is 1.15 bits per heavy atom. The molecule has 0 radical (unpaired) electrons. The predicted octanol–water partition coefficient (Wildman–Crippen LogP) is 3.04. The molecule has 66 valence electrons. The van der Waals surface area contributed by atoms with Gasteiger partial charge in [0, 0.05) is 0 Å². The Hall–Kier alpha value is -1.06. The maximum atomic E-state index is 5.91. The van der Waals surface area contributed by atoms with Crippen LogP contribution in [0.1, 0.15) is 0 Å². The van der Waals surface area contributed by atoms with Crippen LogP contribution in [0.15, 0.2) is 29.1 Å². The smallest absolute Gasteiger partial charge is 0.214 e. The van der Waals surface area contributed by atoms with Crippen molar-refractivity contribution in [1.29, 1.82) is 0 Å². The number of benzene rings is 1. The van der Waals surface area contributed by atoms with Gasteiger partial charge in [-0.05, 0) is 12.1 Å². The van der Waals surface area contributed by atoms with Gasteiger partial charge >= 0.3 is 0 Å². The van der Waals surface area contributed by atoms with Crippen LogP contribution in [0.3, 0.4) is 0 Å². The molecule has 0 spiro atoms. The Kier molecular flexibility index (Phi) is 2.20. The molecule has 0 aliphatic heterocycles. The Balaban J connectivity index is 2.64. The molecule has 1 aromatic carbocycles. The van der Waals surface area contributed by atoms with Crippen LogP contribution in [0.5, 0.6) is 0 Å². The first kappa shape index (κ1) is 8.53. The van der Waals surface area contributed by atoms with Gasteiger partial charge < -0.3 is 4.52 Å². The van der Waals surface area contributed by atoms with Gasteiger partial charge in [0.2, 0.25) is 12.2 Å². The molecule has 0 amide bonds. The van der Waals surface area contributed by atoms with Crippen molar-refractivity contribution in [3.63, 3.8) is 0 Å². The van der Waals surface area contributed by atoms with Gasteiger partial charge in [-0.1, -0.05) is 34.4 Å². The summed E-state index contributed by atoms with van der Waals surface area (Å²) in [5.41, 5.74) is 0.597. The third kappa shape index (κ3) is 1.53. The van der Waals surface area contributed by atoms with Crippen LogP contribution in [0.4, 0.5) is 0 Å². The van der Waals surface area contributed by atoms with Gasteiger partial charge in [0.25, 0.3) is 0 Å². The van der Waals surface area contributed by atoms with E-state index in [4.69, 9.17) is 23.2 Å². The van der Waals surface area contributed by atoms with Crippen LogP contribution >= 0.6 is 23.2 Å². The van der Waals surface area contributed by atoms with E-state index in [2.05, 4.69) is 14.7 Å². The van der Waals surface area contributed by atoms with Crippen molar-refractivity contribution in [1.82, 2.24) is 10.1 Å². The molecule has 2 rings (SSSR count). The third-order valence-corrected chi connectivity index (χ3v) is 2.18. The molecule has 2 aromatic rings. The van der Waals surface area contributed by atoms with Gasteiger partial charge in [-0.3, -0.25) is 0 Å². The number of rotatable bonds is 1. The van der Waals surface area contributed by atoms with E-state index in [-0.39, 0.29) is 0 Å². The van der Waals surface area contributed by atoms with E-state index in [0.717, 1.165) is 0 Å². The number of halogens is 2. The average Bonchev–Trinajstić information content (AvgIpc) is 2.57. The summed E-state index contributed by atoms with van der Waals surface area (Å²) >= 11 is 11.8. The Labute approximate surface area is 84.3 Å². The Morgan fingerprint density at radius 3 is 2.38 bits per heavy atom. The molecule has 0 saturated carbocycles. The molecule has 0 saturated heterocycles. The summed E-state index contributed by atoms with van der Waals surface area (Å²) in [7, 11) is 0. The van der Waals surface area contributed by atoms with E-state index in [1.807, 2.05) is 0 Å². The first-order chi connectivity index (χ1) is 6.29. The standard InChI is InChI=1S/C8H4Cl2N2O/c9-5-2-1-3-6(10)7(5)8-11-4-13-12-8/h1-4H. The molecule has 1 aromatic heterocycles. The summed E-state index contributed by atoms with van der Waals surface area (Å²) in [5.74, 6) is 0.399. The normalized spacial score (nSPS) is 10.3. The Morgan fingerprint density at radius 2 is 1.85 bits per heavy atom. The van der Waals surface area contributed by atoms with Gasteiger partial charge in [0.05, 0.1) is 15.6 Å². The molecular weight excluding hydrogens is 211 g/mol. The fraction of sp³-hybridized carbons (Fsp3) is 0. The van der Waals surface area contributed by atoms with Crippen LogP contribution < -0.4 is 0 Å². The summed E-state index contributed by atoms with van der Waals surface area (Å²) in [5, 5.41) is 4.67. The van der Waals surface area contributed by atoms with E-state index in [9.17, 15) is 0 Å². The molecule has 0 atom stereocenters. The summed E-state index contributed by atoms with van der Waals surface area (Å²) in [4.78, 5) is 3.86. The zero-order valence-corrected chi connectivity index (χ0v) is 7.88. The monoisotopic (exact) mass is 214 g/mol. The number of nitrogens with zero attached hydrogens (tertiary/aromatic N) is 2. The number of hydrogen-bond donors (Lipinski definition) is 0. The van der Waals surface area contributed by atoms with E-state index in [1.165, 1.54) is 6.39 Å². The summed E-state index contributed by atoms with van der Waals surface area (Å²) < 4.78 is 4.60. The highest BCUT2D eigenvalue weighted by atomic mass is 35.5. The second-order valence-electron chi connectivity index (χ2n) is 2.35. The van der Waals surface area contributed by atoms with Crippen molar-refractivity contribution in [3.8, 4) is 11.4 Å². The highest BCUT2D eigenvalue weighted by molar-refractivity contribution is 6.38. The lowest BCUT2D eigenvalue weighted by Gasteiger charge is -2.00. The molecule has 5 heteroatoms. The van der Waals surface area contributed by atoms with Crippen molar-refractivity contribution >= 4 is 23.2 Å². The molecule has 0 fully saturated rings. The zero-order valence-electron chi connectivity index (χ0n) is 6.37. The van der Waals surface area contributed by atoms with Crippen LogP contribution in [0.25, 0.3) is 11.4 Å². The molecule has 0 aliphatic rings. The minimum absolute atomic E-state index is 0.399. The van der Waals surface area contributed by atoms with Gasteiger partial charge in [-0.15, -0.1) is 0 Å². The second-order valence-corrected chi connectivity index (χ2v) is 3.17. The maximum Gasteiger partial charge on any atom is 0.214 e. The minimum Gasteiger partial charge on any atom is -0.342 e. The van der Waals surface area contributed by atoms with Gasteiger partial charge in [0.15, 0.2) is 0 Å². The SMILES string of the molecule is Clc1cccc(Cl)c1-c1ncon1. The molecule has 0 N–H and O–H groups in total. The first-order valence-electron chi connectivity index (χ1n) is 3.50. The minimum atomic E-state index is 0.399. The lowest BCUT2D eigenvalue weighted by atomic mass is 10.2. The molecule has 0 aliphatic carbocycles. The van der Waals surface area contributed by atoms with Crippen LogP contribution in [0.2, 0.25) is 10.0 Å². The quantitative estimate of drug-likeness (QED) is 0.733. The highest BCUT2D eigenvalue weighted by Crippen LogP contribution is 2.31. The van der Waals surface area contributed by atoms with E-state index >= 15 is 0 Å². The largest absolute Gasteiger partial charge is 0.342 e. The van der Waals surface area contributed by atoms with E-state index in [0.29, 0.717) is 21.4 Å². The fourth-order valence-electron chi connectivity index (χ4n) is 0.992. The number of hydrogen-bond acceptors (Lipinski definition) is 3. The van der Waals surface area contributed by atoms with Crippen molar-refractivity contribution in [2.45, 2.75) is 0 Å². The van der Waals surface area contributed by atoms with Crippen molar-refractivity contribution in [2.24, 2.45) is 0 Å². The molecule has 0 bridgehead atoms. The molecule has 0 unspecified atom stereocenters. The molecule has 1 heterocycles. The lowest BCUT2D eigenvalue weighted by Crippen LogP contribution is -1.83. The summed E-state index contributed by atoms with van der Waals surface area (Å²) in [6.07, 6.45) is 1.23. The number of aromatic nitrogens is 2. The topological polar surface area (TPSA) is 38.9 Å². The van der Waals surface area contributed by atoms with Crippen molar-refractivity contribution < 1.29 is 4.52 Å². The lowest BCUT2D eigenvalue weighted by molar-refractivity contribution is 0.419. The summed E-state index contributed by atoms with van der Waals surface area (Å²) in [6.45, 7) is 0. The Bertz CT molecular complexity index is 394. The maximum absolute atomic E-state index is 5.91. The predicted molar refractivity (Wildman–Crippen MR) is 49.8 cm³/mol. The fourth-order valence-corrected chi connectivity index (χ4v) is 1.56. The highest BCUT2D eigenvalue weighted by Gasteiger charge is 2.11. The average molecular weight is 215 g/mol. The van der Waals surface area contributed by atoms with Crippen LogP contribution in [0, 0.1) is 0 Å². The van der Waals surface area contributed by atoms with Gasteiger partial charge in [-0.25, -0.2) is 0 Å². The van der Waals surface area contributed by atoms with Crippen molar-refractivity contribution in [3.05, 3.63) is 34.6 Å². The van der Waals surface area contributed by atoms with Gasteiger partial charge in [0.1, 0.15) is 0 Å². The third-order valence-electron chi connectivity index (χ3n) is 1.55. The molecule has 3 nitrogen and oxygen atoms in total. The molecule has 13 heavy (non-hydrogen) atoms. The molecular formula is C8H4Cl2N2O. The van der Waals surface area contributed by atoms with E-state index in [1.54, 1.807) is 18.2 Å². The summed E-state index contributed by atoms with van der Waals surface area (Å²) in [6, 6.07) is 5.20. The van der Waals surface area contributed by atoms with Crippen molar-refractivity contribution in [2.75, 3.05) is 0 Å². The first-order valence-corrected chi connectivity index (χ1v) is 4.25. The zero-order chi connectivity index (χ0) is 9.26. The van der Waals surface area contributed by atoms with Crippen LogP contribution in [-0.4, -0.2) is 10.1 Å². The van der Waals surface area contributed by atoms with E-state index < -0.39 is 0 Å². The van der Waals surface area contributed by atoms with Gasteiger partial charge in [-0.2, -0.15) is 4.98 Å².